The Morgan fingerprint density at radius 1 is 1.15 bits per heavy atom. The molecule has 5 nitrogen and oxygen atoms in total. The van der Waals surface area contributed by atoms with Crippen LogP contribution in [0.25, 0.3) is 0 Å². The minimum absolute atomic E-state index is 0.0822. The second kappa shape index (κ2) is 7.71. The molecule has 2 heterocycles. The van der Waals surface area contributed by atoms with E-state index in [-0.39, 0.29) is 11.8 Å². The SMILES string of the molecule is COc1ccccc1CN1N=C2CN(Cc3ccc(Cl)cc3)CCC2C1=O. The van der Waals surface area contributed by atoms with Crippen molar-refractivity contribution in [3.8, 4) is 5.75 Å². The number of likely N-dealkylation sites (tertiary alicyclic amines) is 1. The molecule has 140 valence electrons. The average Bonchev–Trinajstić information content (AvgIpc) is 2.99. The third-order valence-corrected chi connectivity index (χ3v) is 5.41. The molecule has 1 amide bonds. The molecule has 2 aromatic rings. The van der Waals surface area contributed by atoms with Crippen molar-refractivity contribution in [2.24, 2.45) is 11.0 Å². The van der Waals surface area contributed by atoms with Gasteiger partial charge in [-0.3, -0.25) is 9.69 Å². The van der Waals surface area contributed by atoms with Gasteiger partial charge < -0.3 is 4.74 Å². The number of hydrogen-bond donors (Lipinski definition) is 0. The van der Waals surface area contributed by atoms with Crippen molar-refractivity contribution in [1.29, 1.82) is 0 Å². The summed E-state index contributed by atoms with van der Waals surface area (Å²) in [5.41, 5.74) is 3.15. The lowest BCUT2D eigenvalue weighted by Gasteiger charge is -2.29. The molecule has 1 unspecified atom stereocenters. The van der Waals surface area contributed by atoms with E-state index < -0.39 is 0 Å². The van der Waals surface area contributed by atoms with Crippen molar-refractivity contribution >= 4 is 23.2 Å². The van der Waals surface area contributed by atoms with E-state index in [9.17, 15) is 4.79 Å². The van der Waals surface area contributed by atoms with Crippen molar-refractivity contribution in [2.75, 3.05) is 20.2 Å². The number of piperidine rings is 1. The van der Waals surface area contributed by atoms with Gasteiger partial charge in [-0.15, -0.1) is 0 Å². The Bertz CT molecular complexity index is 866. The molecule has 4 rings (SSSR count). The number of hydrazone groups is 1. The zero-order valence-electron chi connectivity index (χ0n) is 15.3. The molecule has 0 radical (unpaired) electrons. The fourth-order valence-electron chi connectivity index (χ4n) is 3.74. The largest absolute Gasteiger partial charge is 0.496 e. The molecular weight excluding hydrogens is 362 g/mol. The molecule has 1 saturated heterocycles. The highest BCUT2D eigenvalue weighted by molar-refractivity contribution is 6.30. The number of para-hydroxylation sites is 1. The monoisotopic (exact) mass is 383 g/mol. The first kappa shape index (κ1) is 18.0. The van der Waals surface area contributed by atoms with Crippen LogP contribution in [0.5, 0.6) is 5.75 Å². The highest BCUT2D eigenvalue weighted by atomic mass is 35.5. The molecule has 0 N–H and O–H groups in total. The molecule has 1 atom stereocenters. The van der Waals surface area contributed by atoms with E-state index >= 15 is 0 Å². The summed E-state index contributed by atoms with van der Waals surface area (Å²) in [7, 11) is 1.64. The topological polar surface area (TPSA) is 45.1 Å². The highest BCUT2D eigenvalue weighted by Crippen LogP contribution is 2.28. The third kappa shape index (κ3) is 3.84. The van der Waals surface area contributed by atoms with Gasteiger partial charge in [0.2, 0.25) is 0 Å². The van der Waals surface area contributed by atoms with E-state index in [4.69, 9.17) is 16.3 Å². The van der Waals surface area contributed by atoms with Crippen molar-refractivity contribution in [3.05, 3.63) is 64.7 Å². The molecule has 0 aliphatic carbocycles. The van der Waals surface area contributed by atoms with Crippen LogP contribution in [-0.2, 0) is 17.9 Å². The number of fused-ring (bicyclic) bond motifs is 1. The minimum Gasteiger partial charge on any atom is -0.496 e. The van der Waals surface area contributed by atoms with Gasteiger partial charge in [-0.05, 0) is 30.2 Å². The second-order valence-electron chi connectivity index (χ2n) is 6.98. The lowest BCUT2D eigenvalue weighted by atomic mass is 9.94. The van der Waals surface area contributed by atoms with E-state index in [1.807, 2.05) is 48.5 Å². The van der Waals surface area contributed by atoms with Crippen LogP contribution in [-0.4, -0.2) is 41.7 Å². The normalized spacial score (nSPS) is 19.8. The molecule has 0 spiro atoms. The fraction of sp³-hybridized carbons (Fsp3) is 0.333. The molecule has 0 aromatic heterocycles. The summed E-state index contributed by atoms with van der Waals surface area (Å²) in [5, 5.41) is 7.00. The number of rotatable bonds is 5. The maximum atomic E-state index is 12.8. The first-order chi connectivity index (χ1) is 13.1. The second-order valence-corrected chi connectivity index (χ2v) is 7.41. The molecule has 2 aliphatic rings. The fourth-order valence-corrected chi connectivity index (χ4v) is 3.87. The smallest absolute Gasteiger partial charge is 0.251 e. The minimum atomic E-state index is -0.0822. The predicted octanol–water partition coefficient (Wildman–Crippen LogP) is 3.57. The number of ether oxygens (including phenoxy) is 1. The van der Waals surface area contributed by atoms with Crippen LogP contribution in [0, 0.1) is 5.92 Å². The number of amides is 1. The van der Waals surface area contributed by atoms with Crippen molar-refractivity contribution < 1.29 is 9.53 Å². The van der Waals surface area contributed by atoms with Crippen LogP contribution in [0.15, 0.2) is 53.6 Å². The lowest BCUT2D eigenvalue weighted by molar-refractivity contribution is -0.132. The van der Waals surface area contributed by atoms with Gasteiger partial charge in [-0.2, -0.15) is 5.10 Å². The maximum absolute atomic E-state index is 12.8. The molecular formula is C21H22ClN3O2. The van der Waals surface area contributed by atoms with Gasteiger partial charge in [0.15, 0.2) is 0 Å². The summed E-state index contributed by atoms with van der Waals surface area (Å²) in [6, 6.07) is 15.7. The number of carbonyl (C=O) groups excluding carboxylic acids is 1. The van der Waals surface area contributed by atoms with Gasteiger partial charge in [-0.25, -0.2) is 5.01 Å². The van der Waals surface area contributed by atoms with E-state index in [1.165, 1.54) is 5.56 Å². The summed E-state index contributed by atoms with van der Waals surface area (Å²) in [4.78, 5) is 15.1. The lowest BCUT2D eigenvalue weighted by Crippen LogP contribution is -2.41. The Kier molecular flexibility index (Phi) is 5.14. The first-order valence-electron chi connectivity index (χ1n) is 9.11. The number of halogens is 1. The summed E-state index contributed by atoms with van der Waals surface area (Å²) < 4.78 is 5.40. The van der Waals surface area contributed by atoms with Crippen LogP contribution >= 0.6 is 11.6 Å². The number of nitrogens with zero attached hydrogens (tertiary/aromatic N) is 3. The standard InChI is InChI=1S/C21H22ClN3O2/c1-27-20-5-3-2-4-16(20)13-25-21(26)18-10-11-24(14-19(18)23-25)12-15-6-8-17(22)9-7-15/h2-9,18H,10-14H2,1H3. The predicted molar refractivity (Wildman–Crippen MR) is 106 cm³/mol. The molecule has 0 saturated carbocycles. The van der Waals surface area contributed by atoms with Gasteiger partial charge in [-0.1, -0.05) is 41.9 Å². The molecule has 2 aromatic carbocycles. The quantitative estimate of drug-likeness (QED) is 0.792. The van der Waals surface area contributed by atoms with Gasteiger partial charge in [0.1, 0.15) is 5.75 Å². The summed E-state index contributed by atoms with van der Waals surface area (Å²) in [6.45, 7) is 2.89. The summed E-state index contributed by atoms with van der Waals surface area (Å²) in [6.07, 6.45) is 0.813. The number of hydrogen-bond acceptors (Lipinski definition) is 4. The van der Waals surface area contributed by atoms with Gasteiger partial charge >= 0.3 is 0 Å². The molecule has 2 aliphatic heterocycles. The van der Waals surface area contributed by atoms with Gasteiger partial charge in [0.25, 0.3) is 5.91 Å². The maximum Gasteiger partial charge on any atom is 0.251 e. The summed E-state index contributed by atoms with van der Waals surface area (Å²) >= 11 is 5.96. The van der Waals surface area contributed by atoms with Gasteiger partial charge in [0.05, 0.1) is 25.3 Å². The van der Waals surface area contributed by atoms with Crippen molar-refractivity contribution in [3.63, 3.8) is 0 Å². The van der Waals surface area contributed by atoms with Crippen LogP contribution < -0.4 is 4.74 Å². The zero-order chi connectivity index (χ0) is 18.8. The number of benzene rings is 2. The van der Waals surface area contributed by atoms with Crippen LogP contribution in [0.1, 0.15) is 17.5 Å². The summed E-state index contributed by atoms with van der Waals surface area (Å²) in [5.74, 6) is 0.799. The Morgan fingerprint density at radius 2 is 1.93 bits per heavy atom. The molecule has 27 heavy (non-hydrogen) atoms. The Hall–Kier alpha value is -2.37. The van der Waals surface area contributed by atoms with Crippen molar-refractivity contribution in [2.45, 2.75) is 19.5 Å². The Labute approximate surface area is 164 Å². The molecule has 6 heteroatoms. The molecule has 1 fully saturated rings. The number of carbonyl (C=O) groups is 1. The molecule has 0 bridgehead atoms. The van der Waals surface area contributed by atoms with Crippen LogP contribution in [0.4, 0.5) is 0 Å². The average molecular weight is 384 g/mol. The highest BCUT2D eigenvalue weighted by Gasteiger charge is 2.39. The van der Waals surface area contributed by atoms with Crippen LogP contribution in [0.3, 0.4) is 0 Å². The number of methoxy groups -OCH3 is 1. The van der Waals surface area contributed by atoms with Gasteiger partial charge in [0, 0.05) is 30.2 Å². The van der Waals surface area contributed by atoms with E-state index in [0.717, 1.165) is 48.1 Å². The van der Waals surface area contributed by atoms with Crippen molar-refractivity contribution in [1.82, 2.24) is 9.91 Å². The Balaban J connectivity index is 1.45. The van der Waals surface area contributed by atoms with E-state index in [0.29, 0.717) is 6.54 Å². The first-order valence-corrected chi connectivity index (χ1v) is 9.49. The third-order valence-electron chi connectivity index (χ3n) is 5.16. The Morgan fingerprint density at radius 3 is 2.70 bits per heavy atom. The zero-order valence-corrected chi connectivity index (χ0v) is 16.0. The van der Waals surface area contributed by atoms with E-state index in [2.05, 4.69) is 10.0 Å². The van der Waals surface area contributed by atoms with E-state index in [1.54, 1.807) is 12.1 Å². The van der Waals surface area contributed by atoms with Crippen LogP contribution in [0.2, 0.25) is 5.02 Å².